The van der Waals surface area contributed by atoms with Gasteiger partial charge in [0.05, 0.1) is 17.5 Å². The molecule has 0 aromatic heterocycles. The highest BCUT2D eigenvalue weighted by Gasteiger charge is 2.55. The van der Waals surface area contributed by atoms with Crippen LogP contribution < -0.4 is 5.73 Å². The number of phenols is 1. The van der Waals surface area contributed by atoms with Gasteiger partial charge in [-0.1, -0.05) is 19.1 Å². The molecule has 2 fully saturated rings. The fourth-order valence-electron chi connectivity index (χ4n) is 7.87. The number of likely N-dealkylation sites (tertiary alicyclic amines) is 1. The van der Waals surface area contributed by atoms with Crippen LogP contribution in [0.2, 0.25) is 0 Å². The number of ketones is 2. The topological polar surface area (TPSA) is 144 Å². The summed E-state index contributed by atoms with van der Waals surface area (Å²) in [6.07, 6.45) is 2.66. The third kappa shape index (κ3) is 4.80. The molecule has 1 saturated carbocycles. The Labute approximate surface area is 255 Å². The predicted molar refractivity (Wildman–Crippen MR) is 162 cm³/mol. The molecular formula is C34H38FN3O6. The lowest BCUT2D eigenvalue weighted by atomic mass is 9.59. The summed E-state index contributed by atoms with van der Waals surface area (Å²) < 4.78 is 15.5. The molecule has 3 aliphatic carbocycles. The number of fused-ring (bicyclic) bond motifs is 3. The van der Waals surface area contributed by atoms with E-state index in [0.29, 0.717) is 29.2 Å². The quantitative estimate of drug-likeness (QED) is 0.298. The van der Waals surface area contributed by atoms with E-state index in [2.05, 4.69) is 11.8 Å². The van der Waals surface area contributed by atoms with E-state index < -0.39 is 64.2 Å². The van der Waals surface area contributed by atoms with Crippen molar-refractivity contribution in [1.29, 1.82) is 0 Å². The summed E-state index contributed by atoms with van der Waals surface area (Å²) >= 11 is 0. The van der Waals surface area contributed by atoms with Crippen molar-refractivity contribution in [3.05, 3.63) is 69.7 Å². The van der Waals surface area contributed by atoms with Crippen molar-refractivity contribution in [3.8, 4) is 16.9 Å². The SMILES string of the molecule is CC1CCN(Cc2ccc(F)c(-c3ccc(O)c4c3CC3CC5C(C(=O)C(C(N)=O)=C(O)[C@H]5N(C)C)C(=O)C3=C4O)c2)CC1. The number of allylic oxidation sites excluding steroid dienone is 1. The maximum absolute atomic E-state index is 15.5. The van der Waals surface area contributed by atoms with Gasteiger partial charge in [0.1, 0.15) is 28.7 Å². The number of aliphatic hydroxyl groups is 2. The maximum Gasteiger partial charge on any atom is 0.255 e. The van der Waals surface area contributed by atoms with Crippen molar-refractivity contribution in [2.24, 2.45) is 29.4 Å². The van der Waals surface area contributed by atoms with E-state index in [0.717, 1.165) is 31.5 Å². The van der Waals surface area contributed by atoms with Crippen LogP contribution in [0.3, 0.4) is 0 Å². The van der Waals surface area contributed by atoms with Gasteiger partial charge in [-0.3, -0.25) is 24.2 Å². The van der Waals surface area contributed by atoms with Gasteiger partial charge in [0.25, 0.3) is 5.91 Å². The standard InChI is InChI=1S/C34H38FN3O6/c1-16-8-10-38(11-9-16)15-17-4-6-23(35)20(12-17)19-5-7-24(39)26-21(19)13-18-14-22-27(31(41)25(18)30(26)40)32(42)28(34(36)44)33(43)29(22)37(2)3/h4-7,12,16,18,22,27,29,39-40,43H,8-11,13-15H2,1-3H3,(H2,36,44)/t18?,22?,27?,29-/m0/s1. The molecule has 4 atom stereocenters. The predicted octanol–water partition coefficient (Wildman–Crippen LogP) is 3.89. The Morgan fingerprint density at radius 3 is 2.41 bits per heavy atom. The molecule has 9 nitrogen and oxygen atoms in total. The van der Waals surface area contributed by atoms with Gasteiger partial charge in [0.2, 0.25) is 0 Å². The first-order valence-corrected chi connectivity index (χ1v) is 15.2. The molecule has 44 heavy (non-hydrogen) atoms. The molecule has 6 rings (SSSR count). The van der Waals surface area contributed by atoms with Gasteiger partial charge in [0, 0.05) is 17.7 Å². The summed E-state index contributed by atoms with van der Waals surface area (Å²) in [5.74, 6) is -6.17. The highest BCUT2D eigenvalue weighted by atomic mass is 19.1. The molecule has 2 aromatic carbocycles. The Bertz CT molecular complexity index is 1640. The summed E-state index contributed by atoms with van der Waals surface area (Å²) in [5.41, 5.74) is 7.17. The Morgan fingerprint density at radius 1 is 1.05 bits per heavy atom. The van der Waals surface area contributed by atoms with E-state index in [1.165, 1.54) is 12.1 Å². The van der Waals surface area contributed by atoms with Crippen molar-refractivity contribution in [3.63, 3.8) is 0 Å². The number of primary amides is 1. The number of nitrogens with zero attached hydrogens (tertiary/aromatic N) is 2. The van der Waals surface area contributed by atoms with Crippen molar-refractivity contribution < 1.29 is 34.1 Å². The molecule has 10 heteroatoms. The highest BCUT2D eigenvalue weighted by molar-refractivity contribution is 6.28. The molecule has 1 amide bonds. The van der Waals surface area contributed by atoms with Gasteiger partial charge in [0.15, 0.2) is 11.6 Å². The minimum Gasteiger partial charge on any atom is -0.510 e. The van der Waals surface area contributed by atoms with E-state index in [-0.39, 0.29) is 29.7 Å². The lowest BCUT2D eigenvalue weighted by Gasteiger charge is -2.46. The normalized spacial score (nSPS) is 26.1. The third-order valence-corrected chi connectivity index (χ3v) is 10.1. The van der Waals surface area contributed by atoms with Crippen LogP contribution in [-0.2, 0) is 27.3 Å². The van der Waals surface area contributed by atoms with Crippen LogP contribution in [0.25, 0.3) is 16.9 Å². The number of likely N-dealkylation sites (N-methyl/N-ethyl adjacent to an activating group) is 1. The maximum atomic E-state index is 15.5. The molecule has 3 unspecified atom stereocenters. The molecule has 0 radical (unpaired) electrons. The van der Waals surface area contributed by atoms with E-state index in [1.807, 2.05) is 6.07 Å². The minimum absolute atomic E-state index is 0.00387. The van der Waals surface area contributed by atoms with Crippen molar-refractivity contribution >= 4 is 23.2 Å². The number of Topliss-reactive ketones (excluding diaryl/α,β-unsaturated/α-hetero) is 2. The summed E-state index contributed by atoms with van der Waals surface area (Å²) in [4.78, 5) is 43.5. The Balaban J connectivity index is 1.42. The number of carbonyl (C=O) groups is 3. The minimum atomic E-state index is -1.33. The van der Waals surface area contributed by atoms with Gasteiger partial charge >= 0.3 is 0 Å². The molecule has 1 aliphatic heterocycles. The molecule has 0 spiro atoms. The zero-order chi connectivity index (χ0) is 31.6. The summed E-state index contributed by atoms with van der Waals surface area (Å²) in [6, 6.07) is 7.21. The van der Waals surface area contributed by atoms with Crippen LogP contribution in [0.5, 0.6) is 5.75 Å². The molecule has 0 bridgehead atoms. The van der Waals surface area contributed by atoms with Gasteiger partial charge < -0.3 is 21.1 Å². The van der Waals surface area contributed by atoms with Crippen LogP contribution in [0, 0.1) is 29.5 Å². The lowest BCUT2D eigenvalue weighted by molar-refractivity contribution is -0.136. The van der Waals surface area contributed by atoms with Crippen LogP contribution in [0.1, 0.15) is 42.9 Å². The Kier molecular flexibility index (Phi) is 7.62. The fourth-order valence-corrected chi connectivity index (χ4v) is 7.87. The van der Waals surface area contributed by atoms with E-state index in [4.69, 9.17) is 5.73 Å². The number of benzene rings is 2. The second-order valence-corrected chi connectivity index (χ2v) is 13.1. The summed E-state index contributed by atoms with van der Waals surface area (Å²) in [5, 5.41) is 33.4. The Hall–Kier alpha value is -4.02. The number of aliphatic hydroxyl groups excluding tert-OH is 2. The molecule has 4 aliphatic rings. The molecule has 2 aromatic rings. The number of hydrogen-bond acceptors (Lipinski definition) is 8. The van der Waals surface area contributed by atoms with Crippen molar-refractivity contribution in [1.82, 2.24) is 9.80 Å². The molecule has 1 heterocycles. The average molecular weight is 604 g/mol. The molecule has 232 valence electrons. The van der Waals surface area contributed by atoms with Gasteiger partial charge in [-0.15, -0.1) is 0 Å². The average Bonchev–Trinajstić information content (AvgIpc) is 2.95. The molecule has 1 saturated heterocycles. The number of amides is 1. The molecule has 5 N–H and O–H groups in total. The number of hydrogen-bond donors (Lipinski definition) is 4. The first kappa shape index (κ1) is 30.0. The number of aromatic hydroxyl groups is 1. The zero-order valence-corrected chi connectivity index (χ0v) is 25.1. The number of phenolic OH excluding ortho intramolecular Hbond substituents is 1. The smallest absolute Gasteiger partial charge is 0.255 e. The Morgan fingerprint density at radius 2 is 1.75 bits per heavy atom. The van der Waals surface area contributed by atoms with Crippen LogP contribution in [0.15, 0.2) is 47.2 Å². The number of piperidine rings is 1. The monoisotopic (exact) mass is 603 g/mol. The highest BCUT2D eigenvalue weighted by Crippen LogP contribution is 2.51. The van der Waals surface area contributed by atoms with E-state index >= 15 is 4.39 Å². The van der Waals surface area contributed by atoms with Crippen LogP contribution in [0.4, 0.5) is 4.39 Å². The van der Waals surface area contributed by atoms with Crippen LogP contribution >= 0.6 is 0 Å². The molecular weight excluding hydrogens is 565 g/mol. The fraction of sp³-hybridized carbons (Fsp3) is 0.441. The van der Waals surface area contributed by atoms with Crippen molar-refractivity contribution in [2.75, 3.05) is 27.2 Å². The summed E-state index contributed by atoms with van der Waals surface area (Å²) in [6.45, 7) is 4.88. The summed E-state index contributed by atoms with van der Waals surface area (Å²) in [7, 11) is 3.35. The third-order valence-electron chi connectivity index (χ3n) is 10.1. The second kappa shape index (κ2) is 11.2. The van der Waals surface area contributed by atoms with Gasteiger partial charge in [-0.25, -0.2) is 4.39 Å². The van der Waals surface area contributed by atoms with E-state index in [1.54, 1.807) is 31.1 Å². The van der Waals surface area contributed by atoms with Crippen LogP contribution in [-0.4, -0.2) is 75.8 Å². The van der Waals surface area contributed by atoms with Crippen molar-refractivity contribution in [2.45, 2.75) is 45.2 Å². The number of halogens is 1. The number of nitrogens with two attached hydrogens (primary N) is 1. The van der Waals surface area contributed by atoms with E-state index in [9.17, 15) is 29.7 Å². The first-order valence-electron chi connectivity index (χ1n) is 15.2. The van der Waals surface area contributed by atoms with Gasteiger partial charge in [-0.2, -0.15) is 0 Å². The lowest BCUT2D eigenvalue weighted by Crippen LogP contribution is -2.55. The first-order chi connectivity index (χ1) is 20.9. The number of carbonyl (C=O) groups excluding carboxylic acids is 3. The van der Waals surface area contributed by atoms with Gasteiger partial charge in [-0.05, 0) is 106 Å². The number of rotatable bonds is 5. The second-order valence-electron chi connectivity index (χ2n) is 13.1. The zero-order valence-electron chi connectivity index (χ0n) is 25.1. The largest absolute Gasteiger partial charge is 0.510 e.